The Morgan fingerprint density at radius 1 is 1.23 bits per heavy atom. The van der Waals surface area contributed by atoms with Crippen LogP contribution in [0.2, 0.25) is 0 Å². The minimum absolute atomic E-state index is 0.00512. The van der Waals surface area contributed by atoms with Crippen LogP contribution in [0.1, 0.15) is 32.7 Å². The normalized spacial score (nSPS) is 34.0. The number of aliphatic hydroxyl groups is 1. The van der Waals surface area contributed by atoms with Crippen LogP contribution in [-0.2, 0) is 9.47 Å². The SMILES string of the molecule is CC1(C)O[C@@H]2[C@H](O1)[C@@H](O)CC[C@H]2n1cnc2c(N)ncnc21. The fraction of sp³-hybridized carbons (Fsp3) is 0.643. The van der Waals surface area contributed by atoms with Gasteiger partial charge in [-0.25, -0.2) is 15.0 Å². The van der Waals surface area contributed by atoms with Crippen molar-refractivity contribution in [3.05, 3.63) is 12.7 Å². The van der Waals surface area contributed by atoms with Crippen molar-refractivity contribution in [2.45, 2.75) is 56.8 Å². The Hall–Kier alpha value is -1.77. The molecule has 0 aromatic carbocycles. The summed E-state index contributed by atoms with van der Waals surface area (Å²) in [4.78, 5) is 12.6. The Balaban J connectivity index is 1.76. The Bertz CT molecular complexity index is 716. The molecule has 2 fully saturated rings. The van der Waals surface area contributed by atoms with Gasteiger partial charge < -0.3 is 24.9 Å². The second-order valence-corrected chi connectivity index (χ2v) is 6.36. The molecule has 0 spiro atoms. The average Bonchev–Trinajstić information content (AvgIpc) is 3.01. The van der Waals surface area contributed by atoms with Gasteiger partial charge in [0, 0.05) is 0 Å². The van der Waals surface area contributed by atoms with Crippen LogP contribution in [0.4, 0.5) is 5.82 Å². The van der Waals surface area contributed by atoms with Gasteiger partial charge in [-0.05, 0) is 26.7 Å². The highest BCUT2D eigenvalue weighted by atomic mass is 16.8. The van der Waals surface area contributed by atoms with Crippen LogP contribution in [0.15, 0.2) is 12.7 Å². The van der Waals surface area contributed by atoms with Gasteiger partial charge in [-0.2, -0.15) is 0 Å². The Labute approximate surface area is 127 Å². The summed E-state index contributed by atoms with van der Waals surface area (Å²) < 4.78 is 13.9. The number of anilines is 1. The summed E-state index contributed by atoms with van der Waals surface area (Å²) in [6, 6.07) is -0.00512. The molecular formula is C14H19N5O3. The number of aliphatic hydroxyl groups excluding tert-OH is 1. The molecule has 0 amide bonds. The van der Waals surface area contributed by atoms with E-state index in [1.54, 1.807) is 6.33 Å². The molecule has 1 aliphatic heterocycles. The number of nitrogen functional groups attached to an aromatic ring is 1. The predicted octanol–water partition coefficient (Wildman–Crippen LogP) is 0.624. The Kier molecular flexibility index (Phi) is 2.91. The van der Waals surface area contributed by atoms with Crippen molar-refractivity contribution in [3.63, 3.8) is 0 Å². The molecule has 0 bridgehead atoms. The molecule has 2 aromatic rings. The molecule has 3 heterocycles. The summed E-state index contributed by atoms with van der Waals surface area (Å²) in [7, 11) is 0. The Morgan fingerprint density at radius 3 is 2.82 bits per heavy atom. The van der Waals surface area contributed by atoms with Crippen molar-refractivity contribution in [1.29, 1.82) is 0 Å². The predicted molar refractivity (Wildman–Crippen MR) is 77.8 cm³/mol. The first kappa shape index (κ1) is 13.9. The van der Waals surface area contributed by atoms with Gasteiger partial charge in [-0.15, -0.1) is 0 Å². The number of rotatable bonds is 1. The minimum Gasteiger partial charge on any atom is -0.390 e. The van der Waals surface area contributed by atoms with E-state index in [0.717, 1.165) is 6.42 Å². The van der Waals surface area contributed by atoms with E-state index in [0.29, 0.717) is 23.4 Å². The van der Waals surface area contributed by atoms with E-state index >= 15 is 0 Å². The maximum Gasteiger partial charge on any atom is 0.165 e. The highest BCUT2D eigenvalue weighted by Crippen LogP contribution is 2.42. The summed E-state index contributed by atoms with van der Waals surface area (Å²) in [6.07, 6.45) is 3.45. The molecule has 8 heteroatoms. The number of imidazole rings is 1. The number of fused-ring (bicyclic) bond motifs is 2. The van der Waals surface area contributed by atoms with E-state index in [9.17, 15) is 5.11 Å². The van der Waals surface area contributed by atoms with Crippen molar-refractivity contribution >= 4 is 17.0 Å². The van der Waals surface area contributed by atoms with Crippen molar-refractivity contribution in [3.8, 4) is 0 Å². The zero-order chi connectivity index (χ0) is 15.5. The van der Waals surface area contributed by atoms with E-state index in [4.69, 9.17) is 15.2 Å². The number of hydrogen-bond donors (Lipinski definition) is 2. The minimum atomic E-state index is -0.705. The van der Waals surface area contributed by atoms with Crippen LogP contribution in [0.3, 0.4) is 0 Å². The van der Waals surface area contributed by atoms with Gasteiger partial charge in [0.25, 0.3) is 0 Å². The molecule has 118 valence electrons. The van der Waals surface area contributed by atoms with Crippen LogP contribution >= 0.6 is 0 Å². The maximum absolute atomic E-state index is 10.2. The molecule has 1 aliphatic carbocycles. The molecule has 3 N–H and O–H groups in total. The lowest BCUT2D eigenvalue weighted by molar-refractivity contribution is -0.154. The molecule has 4 atom stereocenters. The van der Waals surface area contributed by atoms with Crippen LogP contribution in [0.5, 0.6) is 0 Å². The number of ether oxygens (including phenoxy) is 2. The second-order valence-electron chi connectivity index (χ2n) is 6.36. The van der Waals surface area contributed by atoms with Crippen molar-refractivity contribution in [2.75, 3.05) is 5.73 Å². The first-order valence-corrected chi connectivity index (χ1v) is 7.43. The van der Waals surface area contributed by atoms with Gasteiger partial charge >= 0.3 is 0 Å². The average molecular weight is 305 g/mol. The molecule has 8 nitrogen and oxygen atoms in total. The molecule has 0 unspecified atom stereocenters. The molecule has 0 radical (unpaired) electrons. The van der Waals surface area contributed by atoms with E-state index in [1.165, 1.54) is 6.33 Å². The van der Waals surface area contributed by atoms with Crippen molar-refractivity contribution < 1.29 is 14.6 Å². The fourth-order valence-electron chi connectivity index (χ4n) is 3.49. The van der Waals surface area contributed by atoms with Gasteiger partial charge in [-0.3, -0.25) is 0 Å². The van der Waals surface area contributed by atoms with Gasteiger partial charge in [0.15, 0.2) is 17.3 Å². The van der Waals surface area contributed by atoms with Crippen LogP contribution < -0.4 is 5.73 Å². The van der Waals surface area contributed by atoms with Gasteiger partial charge in [0.2, 0.25) is 0 Å². The summed E-state index contributed by atoms with van der Waals surface area (Å²) in [5.74, 6) is -0.344. The quantitative estimate of drug-likeness (QED) is 0.795. The molecule has 22 heavy (non-hydrogen) atoms. The molecule has 1 saturated heterocycles. The summed E-state index contributed by atoms with van der Waals surface area (Å²) in [5, 5.41) is 10.2. The number of nitrogens with zero attached hydrogens (tertiary/aromatic N) is 4. The molecule has 2 aromatic heterocycles. The van der Waals surface area contributed by atoms with Crippen LogP contribution in [-0.4, -0.2) is 48.7 Å². The summed E-state index contributed by atoms with van der Waals surface area (Å²) >= 11 is 0. The van der Waals surface area contributed by atoms with Crippen molar-refractivity contribution in [2.24, 2.45) is 0 Å². The lowest BCUT2D eigenvalue weighted by atomic mass is 9.87. The second kappa shape index (κ2) is 4.61. The van der Waals surface area contributed by atoms with Crippen LogP contribution in [0, 0.1) is 0 Å². The van der Waals surface area contributed by atoms with E-state index in [1.807, 2.05) is 18.4 Å². The first-order valence-electron chi connectivity index (χ1n) is 7.43. The molecule has 1 saturated carbocycles. The topological polar surface area (TPSA) is 108 Å². The summed E-state index contributed by atoms with van der Waals surface area (Å²) in [6.45, 7) is 3.72. The van der Waals surface area contributed by atoms with E-state index in [2.05, 4.69) is 15.0 Å². The standard InChI is InChI=1S/C14H19N5O3/c1-14(2)21-10-7(3-4-8(20)11(10)22-14)19-6-18-9-12(15)16-5-17-13(9)19/h5-8,10-11,20H,3-4H2,1-2H3,(H2,15,16,17)/t7-,8+,10+,11-/m1/s1. The van der Waals surface area contributed by atoms with Gasteiger partial charge in [-0.1, -0.05) is 0 Å². The molecular weight excluding hydrogens is 286 g/mol. The van der Waals surface area contributed by atoms with Crippen LogP contribution in [0.25, 0.3) is 11.2 Å². The third kappa shape index (κ3) is 1.98. The fourth-order valence-corrected chi connectivity index (χ4v) is 3.49. The third-order valence-corrected chi connectivity index (χ3v) is 4.42. The van der Waals surface area contributed by atoms with Gasteiger partial charge in [0.05, 0.1) is 18.5 Å². The lowest BCUT2D eigenvalue weighted by Gasteiger charge is -2.35. The lowest BCUT2D eigenvalue weighted by Crippen LogP contribution is -2.45. The first-order chi connectivity index (χ1) is 10.5. The zero-order valence-corrected chi connectivity index (χ0v) is 12.5. The smallest absolute Gasteiger partial charge is 0.165 e. The largest absolute Gasteiger partial charge is 0.390 e. The zero-order valence-electron chi connectivity index (χ0n) is 12.5. The van der Waals surface area contributed by atoms with E-state index < -0.39 is 11.9 Å². The highest BCUT2D eigenvalue weighted by Gasteiger charge is 2.51. The number of hydrogen-bond acceptors (Lipinski definition) is 7. The maximum atomic E-state index is 10.2. The summed E-state index contributed by atoms with van der Waals surface area (Å²) in [5.41, 5.74) is 7.12. The number of aromatic nitrogens is 4. The molecule has 4 rings (SSSR count). The van der Waals surface area contributed by atoms with Gasteiger partial charge in [0.1, 0.15) is 24.1 Å². The Morgan fingerprint density at radius 2 is 2.00 bits per heavy atom. The van der Waals surface area contributed by atoms with Crippen molar-refractivity contribution in [1.82, 2.24) is 19.5 Å². The highest BCUT2D eigenvalue weighted by molar-refractivity contribution is 5.81. The van der Waals surface area contributed by atoms with E-state index in [-0.39, 0.29) is 18.2 Å². The number of nitrogens with two attached hydrogens (primary N) is 1. The molecule has 2 aliphatic rings. The monoisotopic (exact) mass is 305 g/mol. The third-order valence-electron chi connectivity index (χ3n) is 4.42.